The zero-order valence-corrected chi connectivity index (χ0v) is 13.9. The molecule has 0 bridgehead atoms. The second-order valence-electron chi connectivity index (χ2n) is 4.50. The molecule has 160 valence electrons. The van der Waals surface area contributed by atoms with E-state index in [1.54, 1.807) is 0 Å². The molecule has 0 unspecified atom stereocenters. The van der Waals surface area contributed by atoms with Crippen molar-refractivity contribution in [1.82, 2.24) is 0 Å². The van der Waals surface area contributed by atoms with Gasteiger partial charge in [-0.25, -0.2) is 53.5 Å². The van der Waals surface area contributed by atoms with E-state index < -0.39 is 81.2 Å². The van der Waals surface area contributed by atoms with Gasteiger partial charge in [0.15, 0.2) is 46.5 Å². The molecule has 0 saturated carbocycles. The van der Waals surface area contributed by atoms with Gasteiger partial charge in [0.2, 0.25) is 11.6 Å². The molecule has 0 aliphatic carbocycles. The fourth-order valence-corrected chi connectivity index (χ4v) is 1.59. The summed E-state index contributed by atoms with van der Waals surface area (Å²) in [5.74, 6) is -27.7. The monoisotopic (exact) mass is 480 g/mol. The van der Waals surface area contributed by atoms with Gasteiger partial charge in [-0.15, -0.1) is 0 Å². The number of carboxylic acids is 2. The number of hydrogen-bond acceptors (Lipinski definition) is 2. The first-order chi connectivity index (χ1) is 12.7. The molecular weight excluding hydrogens is 478 g/mol. The van der Waals surface area contributed by atoms with Gasteiger partial charge in [-0.1, -0.05) is 0 Å². The first-order valence-corrected chi connectivity index (χ1v) is 6.25. The van der Waals surface area contributed by atoms with Gasteiger partial charge in [0.05, 0.1) is 0 Å². The molecule has 0 heterocycles. The van der Waals surface area contributed by atoms with E-state index in [-0.39, 0.29) is 17.1 Å². The van der Waals surface area contributed by atoms with Crippen molar-refractivity contribution in [3.63, 3.8) is 0 Å². The van der Waals surface area contributed by atoms with E-state index in [0.717, 1.165) is 0 Å². The maximum Gasteiger partial charge on any atom is 0.341 e. The van der Waals surface area contributed by atoms with Crippen LogP contribution in [0.2, 0.25) is 0 Å². The first kappa shape index (κ1) is 26.2. The van der Waals surface area contributed by atoms with Gasteiger partial charge >= 0.3 is 11.9 Å². The molecule has 29 heavy (non-hydrogen) atoms. The predicted octanol–water partition coefficient (Wildman–Crippen LogP) is 4.16. The van der Waals surface area contributed by atoms with Crippen LogP contribution in [0.25, 0.3) is 0 Å². The summed E-state index contributed by atoms with van der Waals surface area (Å²) in [5, 5.41) is 16.3. The Hall–Kier alpha value is -2.80. The smallest absolute Gasteiger partial charge is 0.341 e. The summed E-state index contributed by atoms with van der Waals surface area (Å²) in [5.41, 5.74) is -3.72. The van der Waals surface area contributed by atoms with E-state index in [1.165, 1.54) is 0 Å². The van der Waals surface area contributed by atoms with Gasteiger partial charge in [-0.2, -0.15) is 0 Å². The summed E-state index contributed by atoms with van der Waals surface area (Å²) >= 11 is 0. The van der Waals surface area contributed by atoms with Crippen molar-refractivity contribution in [3.05, 3.63) is 69.3 Å². The number of hydrogen-bond donors (Lipinski definition) is 2. The molecule has 0 fully saturated rings. The summed E-state index contributed by atoms with van der Waals surface area (Å²) in [6, 6.07) is 0. The number of benzene rings is 2. The summed E-state index contributed by atoms with van der Waals surface area (Å²) in [6.45, 7) is 0. The topological polar surface area (TPSA) is 74.6 Å². The number of halogens is 10. The summed E-state index contributed by atoms with van der Waals surface area (Å²) in [7, 11) is 0. The molecule has 0 aliphatic rings. The molecule has 0 spiro atoms. The van der Waals surface area contributed by atoms with Crippen LogP contribution in [0.3, 0.4) is 0 Å². The zero-order valence-electron chi connectivity index (χ0n) is 12.8. The Labute approximate surface area is 162 Å². The molecule has 0 aliphatic heterocycles. The Morgan fingerprint density at radius 1 is 0.414 bits per heavy atom. The van der Waals surface area contributed by atoms with Crippen molar-refractivity contribution in [2.24, 2.45) is 0 Å². The number of rotatable bonds is 2. The number of carboxylic acid groups (broad SMARTS) is 2. The normalized spacial score (nSPS) is 10.0. The average molecular weight is 480 g/mol. The molecule has 0 radical (unpaired) electrons. The van der Waals surface area contributed by atoms with Gasteiger partial charge in [-0.3, -0.25) is 0 Å². The Morgan fingerprint density at radius 3 is 0.690 bits per heavy atom. The zero-order chi connectivity index (χ0) is 22.1. The third kappa shape index (κ3) is 4.79. The molecule has 4 nitrogen and oxygen atoms in total. The molecular formula is C14H2F10FeO4. The van der Waals surface area contributed by atoms with Crippen LogP contribution in [0.1, 0.15) is 20.7 Å². The average Bonchev–Trinajstić information content (AvgIpc) is 2.61. The molecule has 15 heteroatoms. The standard InChI is InChI=1S/2C7HF5O2.Fe/c2*8-2-1(7(13)14)3(9)5(11)6(12)4(2)10;/h2*(H,13,14);. The third-order valence-corrected chi connectivity index (χ3v) is 2.85. The fourth-order valence-electron chi connectivity index (χ4n) is 1.59. The van der Waals surface area contributed by atoms with Crippen LogP contribution >= 0.6 is 0 Å². The molecule has 0 atom stereocenters. The second kappa shape index (κ2) is 9.60. The van der Waals surface area contributed by atoms with E-state index in [4.69, 9.17) is 10.2 Å². The molecule has 0 amide bonds. The van der Waals surface area contributed by atoms with Crippen molar-refractivity contribution in [2.45, 2.75) is 0 Å². The Balaban J connectivity index is 0.000000523. The molecule has 2 rings (SSSR count). The van der Waals surface area contributed by atoms with Gasteiger partial charge in [-0.05, 0) is 0 Å². The van der Waals surface area contributed by atoms with Gasteiger partial charge in [0, 0.05) is 17.1 Å². The van der Waals surface area contributed by atoms with Crippen LogP contribution < -0.4 is 0 Å². The first-order valence-electron chi connectivity index (χ1n) is 6.25. The summed E-state index contributed by atoms with van der Waals surface area (Å²) in [4.78, 5) is 20.2. The minimum Gasteiger partial charge on any atom is -0.477 e. The van der Waals surface area contributed by atoms with Crippen molar-refractivity contribution >= 4 is 11.9 Å². The van der Waals surface area contributed by atoms with Crippen LogP contribution in [-0.2, 0) is 17.1 Å². The van der Waals surface area contributed by atoms with Crippen LogP contribution in [0.15, 0.2) is 0 Å². The SMILES string of the molecule is O=C(O)c1c(F)c(F)c(F)c(F)c1F.O=C(O)c1c(F)c(F)c(F)c(F)c1F.[Fe]. The summed E-state index contributed by atoms with van der Waals surface area (Å²) < 4.78 is 124. The molecule has 2 aromatic carbocycles. The quantitative estimate of drug-likeness (QED) is 0.293. The Bertz CT molecular complexity index is 858. The number of aromatic carboxylic acids is 2. The van der Waals surface area contributed by atoms with Gasteiger partial charge < -0.3 is 10.2 Å². The summed E-state index contributed by atoms with van der Waals surface area (Å²) in [6.07, 6.45) is 0. The molecule has 0 aromatic heterocycles. The molecule has 2 N–H and O–H groups in total. The van der Waals surface area contributed by atoms with Crippen LogP contribution in [0.4, 0.5) is 43.9 Å². The maximum atomic E-state index is 12.6. The van der Waals surface area contributed by atoms with Crippen LogP contribution in [0, 0.1) is 58.2 Å². The second-order valence-corrected chi connectivity index (χ2v) is 4.50. The Morgan fingerprint density at radius 2 is 0.552 bits per heavy atom. The molecule has 2 aromatic rings. The van der Waals surface area contributed by atoms with Crippen molar-refractivity contribution in [1.29, 1.82) is 0 Å². The van der Waals surface area contributed by atoms with Crippen molar-refractivity contribution in [3.8, 4) is 0 Å². The van der Waals surface area contributed by atoms with E-state index in [1.807, 2.05) is 0 Å². The predicted molar refractivity (Wildman–Crippen MR) is 66.4 cm³/mol. The van der Waals surface area contributed by atoms with E-state index >= 15 is 0 Å². The van der Waals surface area contributed by atoms with E-state index in [0.29, 0.717) is 0 Å². The third-order valence-electron chi connectivity index (χ3n) is 2.85. The largest absolute Gasteiger partial charge is 0.477 e. The number of carbonyl (C=O) groups is 2. The Kier molecular flexibility index (Phi) is 8.68. The van der Waals surface area contributed by atoms with Crippen LogP contribution in [-0.4, -0.2) is 22.2 Å². The van der Waals surface area contributed by atoms with E-state index in [2.05, 4.69) is 0 Å². The van der Waals surface area contributed by atoms with Gasteiger partial charge in [0.1, 0.15) is 11.1 Å². The van der Waals surface area contributed by atoms with E-state index in [9.17, 15) is 53.5 Å². The van der Waals surface area contributed by atoms with Crippen LogP contribution in [0.5, 0.6) is 0 Å². The minimum atomic E-state index is -2.38. The minimum absolute atomic E-state index is 0. The van der Waals surface area contributed by atoms with Gasteiger partial charge in [0.25, 0.3) is 0 Å². The van der Waals surface area contributed by atoms with Crippen molar-refractivity contribution in [2.75, 3.05) is 0 Å². The van der Waals surface area contributed by atoms with Crippen molar-refractivity contribution < 1.29 is 80.8 Å². The maximum absolute atomic E-state index is 12.6. The molecule has 0 saturated heterocycles. The fraction of sp³-hybridized carbons (Fsp3) is 0.